The Morgan fingerprint density at radius 3 is 2.14 bits per heavy atom. The van der Waals surface area contributed by atoms with E-state index >= 15 is 0 Å². The van der Waals surface area contributed by atoms with E-state index < -0.39 is 39.6 Å². The maximum Gasteiger partial charge on any atom is 0.412 e. The molecule has 0 bridgehead atoms. The molecule has 0 heterocycles. The Bertz CT molecular complexity index is 1550. The van der Waals surface area contributed by atoms with Gasteiger partial charge in [0.2, 0.25) is 5.91 Å². The van der Waals surface area contributed by atoms with Crippen molar-refractivity contribution in [2.75, 3.05) is 15.5 Å². The number of amides is 3. The highest BCUT2D eigenvalue weighted by Gasteiger charge is 2.67. The first-order valence-corrected chi connectivity index (χ1v) is 14.8. The molecule has 4 rings (SSSR count). The second-order valence-corrected chi connectivity index (χ2v) is 13.7. The fourth-order valence-corrected chi connectivity index (χ4v) is 6.50. The molecule has 42 heavy (non-hydrogen) atoms. The van der Waals surface area contributed by atoms with Crippen LogP contribution in [0.2, 0.25) is 15.1 Å². The lowest BCUT2D eigenvalue weighted by Crippen LogP contribution is -2.45. The molecular weight excluding hydrogens is 644 g/mol. The third-order valence-corrected chi connectivity index (χ3v) is 8.60. The highest BCUT2D eigenvalue weighted by molar-refractivity contribution is 6.53. The summed E-state index contributed by atoms with van der Waals surface area (Å²) < 4.78 is -1.36. The summed E-state index contributed by atoms with van der Waals surface area (Å²) in [7, 11) is 0. The predicted octanol–water partition coefficient (Wildman–Crippen LogP) is 9.27. The Morgan fingerprint density at radius 2 is 1.57 bits per heavy atom. The van der Waals surface area contributed by atoms with Gasteiger partial charge in [-0.25, -0.2) is 4.79 Å². The lowest BCUT2D eigenvalue weighted by atomic mass is 10.0. The summed E-state index contributed by atoms with van der Waals surface area (Å²) in [5.74, 6) is -2.27. The van der Waals surface area contributed by atoms with E-state index in [9.17, 15) is 19.5 Å². The van der Waals surface area contributed by atoms with Crippen molar-refractivity contribution >= 4 is 93.0 Å². The summed E-state index contributed by atoms with van der Waals surface area (Å²) in [6, 6.07) is 14.4. The number of benzene rings is 3. The topological polar surface area (TPSA) is 98.7 Å². The van der Waals surface area contributed by atoms with Crippen LogP contribution in [-0.4, -0.2) is 32.9 Å². The van der Waals surface area contributed by atoms with Crippen LogP contribution in [0.3, 0.4) is 0 Å². The molecule has 3 aromatic carbocycles. The summed E-state index contributed by atoms with van der Waals surface area (Å²) in [5.41, 5.74) is 2.14. The van der Waals surface area contributed by atoms with E-state index in [0.29, 0.717) is 39.1 Å². The van der Waals surface area contributed by atoms with Crippen molar-refractivity contribution in [1.29, 1.82) is 0 Å². The van der Waals surface area contributed by atoms with E-state index in [4.69, 9.17) is 58.0 Å². The highest BCUT2D eigenvalue weighted by atomic mass is 35.5. The fraction of sp³-hybridized carbons (Fsp3) is 0.300. The summed E-state index contributed by atoms with van der Waals surface area (Å²) in [6.07, 6.45) is -0.550. The van der Waals surface area contributed by atoms with Gasteiger partial charge in [-0.05, 0) is 92.9 Å². The Labute approximate surface area is 269 Å². The summed E-state index contributed by atoms with van der Waals surface area (Å²) in [5, 5.41) is 16.3. The number of nitrogens with one attached hydrogen (secondary N) is 2. The van der Waals surface area contributed by atoms with Crippen LogP contribution in [0, 0.1) is 5.92 Å². The van der Waals surface area contributed by atoms with Gasteiger partial charge in [-0.2, -0.15) is 0 Å². The van der Waals surface area contributed by atoms with Crippen molar-refractivity contribution in [2.24, 2.45) is 5.92 Å². The molecule has 1 fully saturated rings. The molecule has 7 nitrogen and oxygen atoms in total. The Hall–Kier alpha value is -2.68. The van der Waals surface area contributed by atoms with Crippen LogP contribution >= 0.6 is 58.0 Å². The molecule has 2 unspecified atom stereocenters. The number of nitrogens with zero attached hydrogens (tertiary/aromatic N) is 1. The Balaban J connectivity index is 1.53. The first-order chi connectivity index (χ1) is 19.5. The average molecular weight is 672 g/mol. The number of carbonyl (C=O) groups excluding carboxylic acids is 2. The number of hydrogen-bond donors (Lipinski definition) is 3. The minimum atomic E-state index is -1.36. The average Bonchev–Trinajstić information content (AvgIpc) is 3.46. The first-order valence-electron chi connectivity index (χ1n) is 13.0. The van der Waals surface area contributed by atoms with Crippen LogP contribution in [0.4, 0.5) is 21.9 Å². The standard InChI is InChI=1S/C30H28Cl5N3O4/c1-5-15-12-20(38(28(41)42)29(2,3)4)7-9-23(15)37-26(39)21-14-19(6-8-22(21)33)36-27(40)25-24(30(25,34)35)16-10-17(31)13-18(32)11-16/h6-14,24-25H,5H2,1-4H3,(H,36,40)(H,37,39)(H,41,42). The normalized spacial score (nSPS) is 17.4. The van der Waals surface area contributed by atoms with Crippen LogP contribution in [-0.2, 0) is 11.2 Å². The van der Waals surface area contributed by atoms with Crippen LogP contribution in [0.1, 0.15) is 55.1 Å². The molecule has 3 aromatic rings. The third kappa shape index (κ3) is 6.76. The Morgan fingerprint density at radius 1 is 0.929 bits per heavy atom. The van der Waals surface area contributed by atoms with Gasteiger partial charge in [-0.3, -0.25) is 14.5 Å². The van der Waals surface area contributed by atoms with Crippen molar-refractivity contribution in [3.05, 3.63) is 86.4 Å². The smallest absolute Gasteiger partial charge is 0.412 e. The molecule has 3 N–H and O–H groups in total. The molecule has 12 heteroatoms. The second-order valence-electron chi connectivity index (χ2n) is 11.0. The van der Waals surface area contributed by atoms with E-state index in [0.717, 1.165) is 5.56 Å². The minimum absolute atomic E-state index is 0.124. The van der Waals surface area contributed by atoms with Crippen LogP contribution < -0.4 is 15.5 Å². The highest BCUT2D eigenvalue weighted by Crippen LogP contribution is 2.65. The second kappa shape index (κ2) is 12.1. The van der Waals surface area contributed by atoms with Gasteiger partial charge in [0.1, 0.15) is 4.33 Å². The number of carbonyl (C=O) groups is 3. The molecular formula is C30H28Cl5N3O4. The summed E-state index contributed by atoms with van der Waals surface area (Å²) in [4.78, 5) is 39.7. The van der Waals surface area contributed by atoms with Crippen LogP contribution in [0.25, 0.3) is 0 Å². The van der Waals surface area contributed by atoms with E-state index in [1.165, 1.54) is 17.0 Å². The molecule has 222 valence electrons. The van der Waals surface area contributed by atoms with E-state index in [1.54, 1.807) is 63.2 Å². The summed E-state index contributed by atoms with van der Waals surface area (Å²) >= 11 is 31.5. The van der Waals surface area contributed by atoms with Crippen molar-refractivity contribution in [2.45, 2.75) is 49.9 Å². The summed E-state index contributed by atoms with van der Waals surface area (Å²) in [6.45, 7) is 7.29. The molecule has 2 atom stereocenters. The zero-order valence-corrected chi connectivity index (χ0v) is 26.8. The lowest BCUT2D eigenvalue weighted by molar-refractivity contribution is -0.117. The molecule has 1 aliphatic rings. The van der Waals surface area contributed by atoms with E-state index in [1.807, 2.05) is 6.92 Å². The van der Waals surface area contributed by atoms with Gasteiger partial charge in [0.15, 0.2) is 0 Å². The molecule has 1 aliphatic carbocycles. The van der Waals surface area contributed by atoms with Crippen LogP contribution in [0.15, 0.2) is 54.6 Å². The van der Waals surface area contributed by atoms with Gasteiger partial charge >= 0.3 is 6.09 Å². The molecule has 0 spiro atoms. The maximum atomic E-state index is 13.3. The molecule has 0 saturated heterocycles. The zero-order valence-electron chi connectivity index (χ0n) is 23.1. The van der Waals surface area contributed by atoms with Crippen molar-refractivity contribution < 1.29 is 19.5 Å². The lowest BCUT2D eigenvalue weighted by Gasteiger charge is -2.33. The number of rotatable bonds is 7. The fourth-order valence-electron chi connectivity index (χ4n) is 4.93. The number of alkyl halides is 2. The van der Waals surface area contributed by atoms with Crippen molar-refractivity contribution in [3.63, 3.8) is 0 Å². The predicted molar refractivity (Wildman–Crippen MR) is 171 cm³/mol. The number of carboxylic acid groups (broad SMARTS) is 1. The minimum Gasteiger partial charge on any atom is -0.465 e. The van der Waals surface area contributed by atoms with Gasteiger partial charge in [0, 0.05) is 38.6 Å². The Kier molecular flexibility index (Phi) is 9.31. The number of aryl methyl sites for hydroxylation is 1. The quantitative estimate of drug-likeness (QED) is 0.218. The van der Waals surface area contributed by atoms with Gasteiger partial charge in [0.25, 0.3) is 5.91 Å². The third-order valence-electron chi connectivity index (χ3n) is 6.90. The number of hydrogen-bond acceptors (Lipinski definition) is 3. The van der Waals surface area contributed by atoms with E-state index in [2.05, 4.69) is 10.6 Å². The number of anilines is 3. The van der Waals surface area contributed by atoms with Gasteiger partial charge in [-0.15, -0.1) is 23.2 Å². The van der Waals surface area contributed by atoms with Gasteiger partial charge < -0.3 is 15.7 Å². The SMILES string of the molecule is CCc1cc(N(C(=O)O)C(C)(C)C)ccc1NC(=O)c1cc(NC(=O)C2C(c3cc(Cl)cc(Cl)c3)C2(Cl)Cl)ccc1Cl. The molecule has 0 radical (unpaired) electrons. The largest absolute Gasteiger partial charge is 0.465 e. The molecule has 1 saturated carbocycles. The van der Waals surface area contributed by atoms with Crippen molar-refractivity contribution in [1.82, 2.24) is 0 Å². The van der Waals surface area contributed by atoms with Gasteiger partial charge in [-0.1, -0.05) is 41.7 Å². The van der Waals surface area contributed by atoms with E-state index in [-0.39, 0.29) is 10.6 Å². The first kappa shape index (κ1) is 32.2. The van der Waals surface area contributed by atoms with Crippen molar-refractivity contribution in [3.8, 4) is 0 Å². The van der Waals surface area contributed by atoms with Gasteiger partial charge in [0.05, 0.1) is 16.5 Å². The molecule has 3 amide bonds. The monoisotopic (exact) mass is 669 g/mol. The van der Waals surface area contributed by atoms with Crippen LogP contribution in [0.5, 0.6) is 0 Å². The maximum absolute atomic E-state index is 13.3. The molecule has 0 aliphatic heterocycles. The zero-order chi connectivity index (χ0) is 31.1. The molecule has 0 aromatic heterocycles. The number of halogens is 5.